The monoisotopic (exact) mass is 284 g/mol. The summed E-state index contributed by atoms with van der Waals surface area (Å²) in [6.07, 6.45) is 0. The molecule has 0 atom stereocenters. The van der Waals surface area contributed by atoms with Crippen LogP contribution in [-0.4, -0.2) is 10.3 Å². The van der Waals surface area contributed by atoms with Gasteiger partial charge in [-0.3, -0.25) is 4.79 Å². The summed E-state index contributed by atoms with van der Waals surface area (Å²) in [5, 5.41) is 24.9. The van der Waals surface area contributed by atoms with Crippen molar-refractivity contribution in [2.75, 3.05) is 5.32 Å². The summed E-state index contributed by atoms with van der Waals surface area (Å²) in [6, 6.07) is 7.96. The van der Waals surface area contributed by atoms with Gasteiger partial charge in [-0.05, 0) is 24.1 Å². The first kappa shape index (κ1) is 13.4. The minimum atomic E-state index is -0.624. The zero-order chi connectivity index (χ0) is 15.4. The van der Waals surface area contributed by atoms with Gasteiger partial charge in [-0.25, -0.2) is 0 Å². The number of hydrogen-bond donors (Lipinski definition) is 3. The van der Waals surface area contributed by atoms with E-state index in [0.717, 1.165) is 16.9 Å². The predicted octanol–water partition coefficient (Wildman–Crippen LogP) is 2.05. The second-order valence-corrected chi connectivity index (χ2v) is 5.80. The standard InChI is InChI=1S/C16H16N2O3/c1-8(11-12(18-21)14(20)13(11)19)15-16(2,3)9-6-4-5-7-10(9)17-15/h4-7,17,19,21H,1-3H3. The maximum absolute atomic E-state index is 11.5. The molecule has 0 spiro atoms. The molecule has 0 aliphatic carbocycles. The first-order chi connectivity index (χ1) is 9.89. The van der Waals surface area contributed by atoms with Gasteiger partial charge in [0.05, 0.1) is 5.56 Å². The van der Waals surface area contributed by atoms with Crippen LogP contribution >= 0.6 is 0 Å². The van der Waals surface area contributed by atoms with Gasteiger partial charge >= 0.3 is 0 Å². The van der Waals surface area contributed by atoms with Crippen molar-refractivity contribution in [1.82, 2.24) is 0 Å². The highest BCUT2D eigenvalue weighted by Crippen LogP contribution is 2.46. The lowest BCUT2D eigenvalue weighted by atomic mass is 9.81. The number of benzene rings is 1. The van der Waals surface area contributed by atoms with Crippen molar-refractivity contribution >= 4 is 11.3 Å². The molecule has 0 radical (unpaired) electrons. The molecule has 0 saturated heterocycles. The van der Waals surface area contributed by atoms with Crippen molar-refractivity contribution in [2.45, 2.75) is 26.2 Å². The number of nitrogens with one attached hydrogen (secondary N) is 1. The molecule has 0 saturated carbocycles. The first-order valence-electron chi connectivity index (χ1n) is 6.68. The van der Waals surface area contributed by atoms with Crippen molar-refractivity contribution in [1.29, 1.82) is 0 Å². The van der Waals surface area contributed by atoms with E-state index in [9.17, 15) is 9.90 Å². The van der Waals surface area contributed by atoms with Crippen LogP contribution in [0, 0.1) is 0 Å². The van der Waals surface area contributed by atoms with E-state index in [4.69, 9.17) is 5.21 Å². The number of nitrogens with zero attached hydrogens (tertiary/aromatic N) is 1. The van der Waals surface area contributed by atoms with E-state index >= 15 is 0 Å². The lowest BCUT2D eigenvalue weighted by Gasteiger charge is -2.23. The van der Waals surface area contributed by atoms with Crippen molar-refractivity contribution in [3.05, 3.63) is 56.7 Å². The van der Waals surface area contributed by atoms with E-state index in [-0.39, 0.29) is 16.5 Å². The third-order valence-electron chi connectivity index (χ3n) is 4.24. The molecule has 3 N–H and O–H groups in total. The van der Waals surface area contributed by atoms with Crippen LogP contribution in [0.25, 0.3) is 5.57 Å². The minimum Gasteiger partial charge on any atom is -0.504 e. The largest absolute Gasteiger partial charge is 0.504 e. The second kappa shape index (κ2) is 4.22. The molecule has 1 aliphatic heterocycles. The highest BCUT2D eigenvalue weighted by atomic mass is 16.4. The molecule has 0 amide bonds. The second-order valence-electron chi connectivity index (χ2n) is 5.80. The van der Waals surface area contributed by atoms with Gasteiger partial charge in [0.15, 0.2) is 11.1 Å². The molecule has 0 unspecified atom stereocenters. The van der Waals surface area contributed by atoms with Gasteiger partial charge in [-0.1, -0.05) is 37.2 Å². The van der Waals surface area contributed by atoms with E-state index in [1.54, 1.807) is 6.92 Å². The third-order valence-corrected chi connectivity index (χ3v) is 4.24. The Morgan fingerprint density at radius 1 is 1.29 bits per heavy atom. The normalized spacial score (nSPS) is 19.5. The Balaban J connectivity index is 2.22. The van der Waals surface area contributed by atoms with Gasteiger partial charge in [-0.15, -0.1) is 0 Å². The van der Waals surface area contributed by atoms with E-state index in [2.05, 4.69) is 24.3 Å². The first-order valence-corrected chi connectivity index (χ1v) is 6.68. The zero-order valence-electron chi connectivity index (χ0n) is 12.1. The fraction of sp³-hybridized carbons (Fsp3) is 0.250. The van der Waals surface area contributed by atoms with Gasteiger partial charge in [0.2, 0.25) is 5.43 Å². The summed E-state index contributed by atoms with van der Waals surface area (Å²) < 4.78 is 0. The van der Waals surface area contributed by atoms with Gasteiger partial charge in [0.1, 0.15) is 0 Å². The molecular weight excluding hydrogens is 268 g/mol. The Labute approximate surface area is 121 Å². The molecular formula is C16H16N2O3. The number of hydrogen-bond acceptors (Lipinski definition) is 5. The number of anilines is 1. The molecule has 1 aliphatic rings. The number of allylic oxidation sites excluding steroid dienone is 2. The van der Waals surface area contributed by atoms with E-state index in [0.29, 0.717) is 11.1 Å². The van der Waals surface area contributed by atoms with Gasteiger partial charge in [-0.2, -0.15) is 0 Å². The molecule has 2 aromatic rings. The van der Waals surface area contributed by atoms with Crippen molar-refractivity contribution in [3.8, 4) is 5.75 Å². The Hall–Kier alpha value is -2.56. The van der Waals surface area contributed by atoms with Gasteiger partial charge in [0.25, 0.3) is 0 Å². The average Bonchev–Trinajstić information content (AvgIpc) is 2.75. The molecule has 0 fully saturated rings. The summed E-state index contributed by atoms with van der Waals surface area (Å²) in [6.45, 7) is 5.94. The van der Waals surface area contributed by atoms with Crippen molar-refractivity contribution in [3.63, 3.8) is 0 Å². The minimum absolute atomic E-state index is 0.0916. The number of rotatable bonds is 1. The summed E-state index contributed by atoms with van der Waals surface area (Å²) in [5.74, 6) is -0.346. The van der Waals surface area contributed by atoms with Crippen LogP contribution < -0.4 is 16.1 Å². The average molecular weight is 284 g/mol. The fourth-order valence-electron chi connectivity index (χ4n) is 3.09. The van der Waals surface area contributed by atoms with Crippen LogP contribution in [0.1, 0.15) is 31.9 Å². The molecule has 1 heterocycles. The summed E-state index contributed by atoms with van der Waals surface area (Å²) in [7, 11) is 0. The predicted molar refractivity (Wildman–Crippen MR) is 79.8 cm³/mol. The quantitative estimate of drug-likeness (QED) is 0.553. The number of aromatic hydroxyl groups is 1. The van der Waals surface area contributed by atoms with Crippen LogP contribution in [0.15, 0.2) is 39.9 Å². The molecule has 108 valence electrons. The third kappa shape index (κ3) is 1.63. The fourth-order valence-corrected chi connectivity index (χ4v) is 3.09. The van der Waals surface area contributed by atoms with Crippen molar-refractivity contribution in [2.24, 2.45) is 5.16 Å². The molecule has 2 aromatic carbocycles. The van der Waals surface area contributed by atoms with Crippen LogP contribution in [0.5, 0.6) is 5.75 Å². The van der Waals surface area contributed by atoms with E-state index in [1.165, 1.54) is 0 Å². The lowest BCUT2D eigenvalue weighted by molar-refractivity contribution is 0.297. The topological polar surface area (TPSA) is 81.9 Å². The van der Waals surface area contributed by atoms with E-state index in [1.807, 2.05) is 24.3 Å². The van der Waals surface area contributed by atoms with Crippen LogP contribution in [0.2, 0.25) is 0 Å². The smallest absolute Gasteiger partial charge is 0.250 e. The van der Waals surface area contributed by atoms with Crippen LogP contribution in [-0.2, 0) is 5.41 Å². The summed E-state index contributed by atoms with van der Waals surface area (Å²) in [5.41, 5.74) is 3.15. The summed E-state index contributed by atoms with van der Waals surface area (Å²) >= 11 is 0. The van der Waals surface area contributed by atoms with E-state index < -0.39 is 5.43 Å². The molecule has 0 aromatic heterocycles. The highest BCUT2D eigenvalue weighted by Gasteiger charge is 2.37. The number of fused-ring (bicyclic) bond motifs is 1. The maximum Gasteiger partial charge on any atom is 0.250 e. The highest BCUT2D eigenvalue weighted by molar-refractivity contribution is 5.82. The molecule has 21 heavy (non-hydrogen) atoms. The Kier molecular flexibility index (Phi) is 2.69. The maximum atomic E-state index is 11.5. The van der Waals surface area contributed by atoms with Gasteiger partial charge < -0.3 is 15.6 Å². The SMILES string of the molecule is CC(=C1Nc2ccccc2C1(C)C)c1c(O)c(=O)c1=NO. The van der Waals surface area contributed by atoms with Crippen molar-refractivity contribution < 1.29 is 10.3 Å². The zero-order valence-corrected chi connectivity index (χ0v) is 12.1. The Bertz CT molecular complexity index is 853. The molecule has 5 nitrogen and oxygen atoms in total. The van der Waals surface area contributed by atoms with Crippen LogP contribution in [0.3, 0.4) is 0 Å². The van der Waals surface area contributed by atoms with Crippen LogP contribution in [0.4, 0.5) is 5.69 Å². The summed E-state index contributed by atoms with van der Waals surface area (Å²) in [4.78, 5) is 11.5. The lowest BCUT2D eigenvalue weighted by Crippen LogP contribution is -2.36. The Morgan fingerprint density at radius 2 is 1.95 bits per heavy atom. The molecule has 5 heteroatoms. The Morgan fingerprint density at radius 3 is 2.57 bits per heavy atom. The van der Waals surface area contributed by atoms with Gasteiger partial charge in [0, 0.05) is 16.8 Å². The molecule has 0 bridgehead atoms. The number of para-hydroxylation sites is 1. The molecule has 3 rings (SSSR count).